The molecule has 20 heteroatoms. The number of rotatable bonds is 12. The zero-order chi connectivity index (χ0) is 50.9. The number of ether oxygens (including phenoxy) is 1. The number of carbonyl (C=O) groups is 4. The van der Waals surface area contributed by atoms with Gasteiger partial charge in [0.15, 0.2) is 0 Å². The molecule has 0 bridgehead atoms. The van der Waals surface area contributed by atoms with Crippen LogP contribution in [-0.4, -0.2) is 55.0 Å². The zero-order valence-corrected chi connectivity index (χ0v) is 36.7. The largest absolute Gasteiger partial charge is 0.466 e. The molecule has 0 aliphatic carbocycles. The first kappa shape index (κ1) is 52.1. The number of carbonyl (C=O) groups excluding carboxylic acids is 4. The van der Waals surface area contributed by atoms with Gasteiger partial charge in [-0.15, -0.1) is 0 Å². The highest BCUT2D eigenvalue weighted by atomic mass is 19.4. The van der Waals surface area contributed by atoms with Gasteiger partial charge in [-0.3, -0.25) is 19.2 Å². The monoisotopic (exact) mass is 967 g/mol. The molecule has 362 valence electrons. The van der Waals surface area contributed by atoms with Crippen LogP contribution in [0.25, 0.3) is 0 Å². The van der Waals surface area contributed by atoms with Gasteiger partial charge in [-0.1, -0.05) is 60.7 Å². The summed E-state index contributed by atoms with van der Waals surface area (Å²) in [7, 11) is 0. The Morgan fingerprint density at radius 3 is 1.12 bits per heavy atom. The van der Waals surface area contributed by atoms with E-state index in [4.69, 9.17) is 0 Å². The Morgan fingerprint density at radius 1 is 0.441 bits per heavy atom. The molecule has 3 amide bonds. The molecule has 0 atom stereocenters. The molecule has 68 heavy (non-hydrogen) atoms. The van der Waals surface area contributed by atoms with Crippen LogP contribution in [0.4, 0.5) is 69.7 Å². The van der Waals surface area contributed by atoms with Gasteiger partial charge < -0.3 is 20.7 Å². The van der Waals surface area contributed by atoms with Crippen molar-refractivity contribution in [2.24, 2.45) is 0 Å². The highest BCUT2D eigenvalue weighted by Crippen LogP contribution is 2.58. The molecule has 0 radical (unpaired) electrons. The fourth-order valence-electron chi connectivity index (χ4n) is 7.64. The second-order valence-electron chi connectivity index (χ2n) is 15.9. The predicted octanol–water partition coefficient (Wildman–Crippen LogP) is 12.4. The van der Waals surface area contributed by atoms with Crippen molar-refractivity contribution < 1.29 is 76.6 Å². The van der Waals surface area contributed by atoms with E-state index >= 15 is 26.3 Å². The van der Waals surface area contributed by atoms with Gasteiger partial charge >= 0.3 is 30.7 Å². The van der Waals surface area contributed by atoms with Crippen LogP contribution in [0.3, 0.4) is 0 Å². The summed E-state index contributed by atoms with van der Waals surface area (Å²) in [5, 5.41) is 6.67. The molecular weight excluding hydrogens is 927 g/mol. The lowest BCUT2D eigenvalue weighted by Crippen LogP contribution is -2.54. The van der Waals surface area contributed by atoms with Gasteiger partial charge in [0, 0.05) is 28.2 Å². The molecular formula is C48H41F12N3O5. The molecule has 3 N–H and O–H groups in total. The molecule has 0 saturated heterocycles. The maximum absolute atomic E-state index is 15.3. The van der Waals surface area contributed by atoms with Gasteiger partial charge in [0.1, 0.15) is 6.42 Å². The third kappa shape index (κ3) is 9.89. The van der Waals surface area contributed by atoms with Crippen molar-refractivity contribution in [3.8, 4) is 0 Å². The molecule has 5 aromatic rings. The van der Waals surface area contributed by atoms with Gasteiger partial charge in [0.25, 0.3) is 11.8 Å². The van der Waals surface area contributed by atoms with Gasteiger partial charge in [0.2, 0.25) is 16.7 Å². The first-order valence-corrected chi connectivity index (χ1v) is 20.3. The maximum atomic E-state index is 15.3. The van der Waals surface area contributed by atoms with E-state index in [2.05, 4.69) is 20.7 Å². The summed E-state index contributed by atoms with van der Waals surface area (Å²) in [5.41, 5.74) is -16.1. The van der Waals surface area contributed by atoms with E-state index in [1.54, 1.807) is 0 Å². The molecule has 0 aliphatic rings. The SMILES string of the molecule is CCOC(=O)CC(=O)Nc1cc(C(c2ccc(C)c(NC(=O)c3cccc(C(=O)Nc4cc(C(c5ccc(C)c(C)c5)(C(F)(F)F)C(F)(F)F)ccc4C)c3)c2)(C(F)(F)F)C(F)(F)F)ccc1C. The topological polar surface area (TPSA) is 114 Å². The average Bonchev–Trinajstić information content (AvgIpc) is 3.21. The average molecular weight is 968 g/mol. The molecule has 0 unspecified atom stereocenters. The van der Waals surface area contributed by atoms with Crippen molar-refractivity contribution in [2.45, 2.75) is 83.5 Å². The second-order valence-corrected chi connectivity index (χ2v) is 15.9. The minimum absolute atomic E-state index is 0.0185. The second kappa shape index (κ2) is 19.0. The highest BCUT2D eigenvalue weighted by molar-refractivity contribution is 6.09. The van der Waals surface area contributed by atoms with E-state index in [0.29, 0.717) is 42.0 Å². The molecule has 0 saturated carbocycles. The minimum Gasteiger partial charge on any atom is -0.466 e. The van der Waals surface area contributed by atoms with Crippen LogP contribution in [0.15, 0.2) is 97.1 Å². The molecule has 8 nitrogen and oxygen atoms in total. The quantitative estimate of drug-likeness (QED) is 0.0655. The number of amides is 3. The summed E-state index contributed by atoms with van der Waals surface area (Å²) in [5.74, 6) is -4.36. The molecule has 0 heterocycles. The lowest BCUT2D eigenvalue weighted by atomic mass is 9.72. The normalized spacial score (nSPS) is 12.6. The van der Waals surface area contributed by atoms with Crippen molar-refractivity contribution >= 4 is 40.8 Å². The Hall–Kier alpha value is -6.86. The van der Waals surface area contributed by atoms with Gasteiger partial charge in [-0.2, -0.15) is 52.7 Å². The number of esters is 1. The third-order valence-corrected chi connectivity index (χ3v) is 11.4. The number of hydrogen-bond acceptors (Lipinski definition) is 5. The van der Waals surface area contributed by atoms with Crippen molar-refractivity contribution in [3.05, 3.63) is 158 Å². The van der Waals surface area contributed by atoms with Gasteiger partial charge in [-0.25, -0.2) is 0 Å². The number of aryl methyl sites for hydroxylation is 5. The molecule has 0 fully saturated rings. The zero-order valence-electron chi connectivity index (χ0n) is 36.7. The summed E-state index contributed by atoms with van der Waals surface area (Å²) in [6.45, 7) is 8.05. The molecule has 5 rings (SSSR count). The number of benzene rings is 5. The van der Waals surface area contributed by atoms with E-state index in [-0.39, 0.29) is 34.4 Å². The molecule has 0 aliphatic heterocycles. The van der Waals surface area contributed by atoms with Crippen LogP contribution in [0.1, 0.15) is 84.1 Å². The van der Waals surface area contributed by atoms with E-state index in [0.717, 1.165) is 60.7 Å². The summed E-state index contributed by atoms with van der Waals surface area (Å²) in [4.78, 5) is 51.5. The Bertz CT molecular complexity index is 2730. The Balaban J connectivity index is 1.50. The Kier molecular flexibility index (Phi) is 14.6. The smallest absolute Gasteiger partial charge is 0.411 e. The summed E-state index contributed by atoms with van der Waals surface area (Å²) in [6.07, 6.45) is -25.0. The van der Waals surface area contributed by atoms with Gasteiger partial charge in [0.05, 0.1) is 6.61 Å². The fourth-order valence-corrected chi connectivity index (χ4v) is 7.64. The van der Waals surface area contributed by atoms with Crippen LogP contribution < -0.4 is 16.0 Å². The van der Waals surface area contributed by atoms with E-state index < -0.39 is 111 Å². The van der Waals surface area contributed by atoms with Gasteiger partial charge in [-0.05, 0) is 128 Å². The summed E-state index contributed by atoms with van der Waals surface area (Å²) < 4.78 is 186. The van der Waals surface area contributed by atoms with E-state index in [1.165, 1.54) is 41.5 Å². The molecule has 5 aromatic carbocycles. The van der Waals surface area contributed by atoms with Crippen molar-refractivity contribution in [1.82, 2.24) is 0 Å². The predicted molar refractivity (Wildman–Crippen MR) is 227 cm³/mol. The maximum Gasteiger partial charge on any atom is 0.411 e. The van der Waals surface area contributed by atoms with Crippen LogP contribution in [-0.2, 0) is 25.2 Å². The standard InChI is InChI=1S/C48H41F12N3O5/c1-7-68-40(65)24-39(64)61-36-21-33(16-12-26(36)3)44(47(55,56)57,48(58,59)60)35-18-14-28(5)38(23-35)63-42(67)31-10-8-9-30(20-31)41(66)62-37-22-34(17-13-27(37)4)43(45(49,50)51,46(52,53)54)32-15-11-25(2)29(6)19-32/h8-23H,7,24H2,1-6H3,(H,61,64)(H,62,66)(H,63,67). The third-order valence-electron chi connectivity index (χ3n) is 11.4. The fraction of sp³-hybridized carbons (Fsp3) is 0.292. The van der Waals surface area contributed by atoms with Crippen LogP contribution >= 0.6 is 0 Å². The van der Waals surface area contributed by atoms with Crippen molar-refractivity contribution in [3.63, 3.8) is 0 Å². The number of hydrogen-bond donors (Lipinski definition) is 3. The highest BCUT2D eigenvalue weighted by Gasteiger charge is 2.74. The lowest BCUT2D eigenvalue weighted by molar-refractivity contribution is -0.290. The number of anilines is 3. The summed E-state index contributed by atoms with van der Waals surface area (Å²) >= 11 is 0. The Morgan fingerprint density at radius 2 is 0.779 bits per heavy atom. The molecule has 0 aromatic heterocycles. The lowest BCUT2D eigenvalue weighted by Gasteiger charge is -2.39. The van der Waals surface area contributed by atoms with Crippen molar-refractivity contribution in [1.29, 1.82) is 0 Å². The number of halogens is 12. The number of nitrogens with one attached hydrogen (secondary N) is 3. The van der Waals surface area contributed by atoms with Crippen LogP contribution in [0.5, 0.6) is 0 Å². The van der Waals surface area contributed by atoms with E-state index in [1.807, 2.05) is 0 Å². The van der Waals surface area contributed by atoms with E-state index in [9.17, 15) is 45.5 Å². The Labute approximate surface area is 381 Å². The van der Waals surface area contributed by atoms with Crippen LogP contribution in [0.2, 0.25) is 0 Å². The summed E-state index contributed by atoms with van der Waals surface area (Å²) in [6, 6.07) is 12.9. The first-order chi connectivity index (χ1) is 31.4. The first-order valence-electron chi connectivity index (χ1n) is 20.3. The minimum atomic E-state index is -6.12. The van der Waals surface area contributed by atoms with Crippen LogP contribution in [0, 0.1) is 34.6 Å². The molecule has 0 spiro atoms. The van der Waals surface area contributed by atoms with Crippen molar-refractivity contribution in [2.75, 3.05) is 22.6 Å². The number of alkyl halides is 12.